The monoisotopic (exact) mass is 887 g/mol. The number of hydrogen-bond acceptors (Lipinski definition) is 13. The quantitative estimate of drug-likeness (QED) is 0.0794. The van der Waals surface area contributed by atoms with Gasteiger partial charge in [0.1, 0.15) is 55.4 Å². The predicted octanol–water partition coefficient (Wildman–Crippen LogP) is 1.97. The molecular formula is C47H57N11O7. The van der Waals surface area contributed by atoms with Gasteiger partial charge in [-0.05, 0) is 81.6 Å². The molecule has 18 heteroatoms. The first kappa shape index (κ1) is 48.8. The molecule has 1 aromatic heterocycles. The molecule has 18 nitrogen and oxygen atoms in total. The summed E-state index contributed by atoms with van der Waals surface area (Å²) in [5, 5.41) is 19.9. The number of aromatic nitrogens is 2. The van der Waals surface area contributed by atoms with Crippen LogP contribution < -0.4 is 47.9 Å². The fraction of sp³-hybridized carbons (Fsp3) is 0.362. The molecule has 0 fully saturated rings. The van der Waals surface area contributed by atoms with Crippen molar-refractivity contribution in [3.8, 4) is 40.1 Å². The number of amides is 5. The number of ether oxygens (including phenoxy) is 2. The second-order valence-corrected chi connectivity index (χ2v) is 15.6. The third-order valence-electron chi connectivity index (χ3n) is 10.7. The average Bonchev–Trinajstić information content (AvgIpc) is 3.28. The maximum atomic E-state index is 14.7. The molecule has 1 aliphatic heterocycles. The summed E-state index contributed by atoms with van der Waals surface area (Å²) in [5.74, 6) is -2.19. The van der Waals surface area contributed by atoms with E-state index in [9.17, 15) is 24.0 Å². The van der Waals surface area contributed by atoms with Gasteiger partial charge in [0.2, 0.25) is 23.6 Å². The summed E-state index contributed by atoms with van der Waals surface area (Å²) in [6.07, 6.45) is -0.00521. The number of nitrogens with one attached hydrogen (secondary N) is 4. The summed E-state index contributed by atoms with van der Waals surface area (Å²) in [4.78, 5) is 80.8. The number of nitriles is 1. The second kappa shape index (κ2) is 22.4. The SMILES string of the molecule is C=C(C)c1ccc(-c2nc(C)c(C(=O)NC(CCN)C(=O)N(C)C3C(=O)NC(C)C(=O)NC(C(=O)NCC#N)Cc4ccc(OCCN)c(c4)-c4cc3ccc4OCCN)c(C)n2)cc1. The van der Waals surface area contributed by atoms with Crippen molar-refractivity contribution < 1.29 is 33.4 Å². The van der Waals surface area contributed by atoms with Crippen LogP contribution in [-0.2, 0) is 25.6 Å². The fourth-order valence-electron chi connectivity index (χ4n) is 7.44. The molecular weight excluding hydrogens is 831 g/mol. The second-order valence-electron chi connectivity index (χ2n) is 15.6. The van der Waals surface area contributed by atoms with E-state index in [4.69, 9.17) is 31.9 Å². The number of carbonyl (C=O) groups excluding carboxylic acids is 5. The Morgan fingerprint density at radius 3 is 2.11 bits per heavy atom. The number of carbonyl (C=O) groups is 5. The largest absolute Gasteiger partial charge is 0.492 e. The van der Waals surface area contributed by atoms with Crippen LogP contribution in [0, 0.1) is 25.2 Å². The highest BCUT2D eigenvalue weighted by molar-refractivity contribution is 6.00. The van der Waals surface area contributed by atoms with E-state index in [0.29, 0.717) is 51.0 Å². The molecule has 5 rings (SSSR count). The first-order valence-corrected chi connectivity index (χ1v) is 21.2. The molecule has 4 atom stereocenters. The normalized spacial score (nSPS) is 16.4. The predicted molar refractivity (Wildman–Crippen MR) is 245 cm³/mol. The van der Waals surface area contributed by atoms with Gasteiger partial charge in [-0.2, -0.15) is 5.26 Å². The smallest absolute Gasteiger partial charge is 0.255 e. The summed E-state index contributed by atoms with van der Waals surface area (Å²) in [6.45, 7) is 11.0. The van der Waals surface area contributed by atoms with Crippen LogP contribution in [0.1, 0.15) is 64.7 Å². The number of hydrogen-bond donors (Lipinski definition) is 7. The molecule has 65 heavy (non-hydrogen) atoms. The topological polar surface area (TPSA) is 283 Å². The Morgan fingerprint density at radius 1 is 0.908 bits per heavy atom. The van der Waals surface area contributed by atoms with Crippen LogP contribution in [0.15, 0.2) is 67.2 Å². The van der Waals surface area contributed by atoms with Crippen LogP contribution in [0.3, 0.4) is 0 Å². The number of benzene rings is 3. The average molecular weight is 888 g/mol. The van der Waals surface area contributed by atoms with Crippen LogP contribution in [0.4, 0.5) is 0 Å². The van der Waals surface area contributed by atoms with Crippen LogP contribution in [0.2, 0.25) is 0 Å². The van der Waals surface area contributed by atoms with Crippen molar-refractivity contribution in [1.29, 1.82) is 5.26 Å². The van der Waals surface area contributed by atoms with Crippen LogP contribution in [-0.4, -0.2) is 109 Å². The highest BCUT2D eigenvalue weighted by atomic mass is 16.5. The third-order valence-corrected chi connectivity index (χ3v) is 10.7. The number of fused-ring (bicyclic) bond motifs is 5. The molecule has 0 saturated heterocycles. The standard InChI is InChI=1S/C47H57N11O7/c1-26(2)31-8-10-32(11-9-31)42-53-27(3)40(28(4)54-42)45(61)56-36(15-16-48)47(63)58(6)41-33-12-14-39(65-22-19-51)35(25-33)34-23-30(7-13-38(34)64-21-18-50)24-37(44(60)52-20-17-49)57-43(59)29(5)55-46(41)62/h7-14,23,25,29,36-37,41H,1,15-16,18-22,24,48,50-51H2,2-6H3,(H,52,60)(H,55,62)(H,56,61)(H,57,59). The van der Waals surface area contributed by atoms with Crippen molar-refractivity contribution >= 4 is 35.1 Å². The van der Waals surface area contributed by atoms with Crippen molar-refractivity contribution in [3.63, 3.8) is 0 Å². The number of nitrogens with two attached hydrogens (primary N) is 3. The maximum Gasteiger partial charge on any atom is 0.255 e. The molecule has 4 unspecified atom stereocenters. The van der Waals surface area contributed by atoms with Gasteiger partial charge < -0.3 is 52.8 Å². The van der Waals surface area contributed by atoms with Gasteiger partial charge in [-0.15, -0.1) is 0 Å². The Bertz CT molecular complexity index is 2450. The summed E-state index contributed by atoms with van der Waals surface area (Å²) in [6, 6.07) is 14.6. The Hall–Kier alpha value is -7.20. The summed E-state index contributed by atoms with van der Waals surface area (Å²) in [5.41, 5.74) is 23.1. The molecule has 3 aromatic carbocycles. The highest BCUT2D eigenvalue weighted by Gasteiger charge is 2.36. The zero-order valence-corrected chi connectivity index (χ0v) is 37.3. The maximum absolute atomic E-state index is 14.7. The zero-order valence-electron chi connectivity index (χ0n) is 37.3. The van der Waals surface area contributed by atoms with Crippen molar-refractivity contribution in [3.05, 3.63) is 101 Å². The first-order chi connectivity index (χ1) is 31.1. The number of allylic oxidation sites excluding steroid dienone is 1. The molecule has 342 valence electrons. The Balaban J connectivity index is 1.58. The van der Waals surface area contributed by atoms with Crippen LogP contribution >= 0.6 is 0 Å². The van der Waals surface area contributed by atoms with Gasteiger partial charge in [-0.25, -0.2) is 9.97 Å². The number of aryl methyl sites for hydroxylation is 2. The van der Waals surface area contributed by atoms with Crippen molar-refractivity contribution in [2.75, 3.05) is 46.4 Å². The van der Waals surface area contributed by atoms with E-state index in [1.54, 1.807) is 50.2 Å². The zero-order chi connectivity index (χ0) is 47.4. The van der Waals surface area contributed by atoms with Gasteiger partial charge in [0, 0.05) is 43.2 Å². The van der Waals surface area contributed by atoms with Gasteiger partial charge >= 0.3 is 0 Å². The molecule has 0 saturated carbocycles. The van der Waals surface area contributed by atoms with Gasteiger partial charge in [0.25, 0.3) is 5.91 Å². The summed E-state index contributed by atoms with van der Waals surface area (Å²) in [7, 11) is 1.41. The minimum absolute atomic E-state index is 0.000414. The van der Waals surface area contributed by atoms with Gasteiger partial charge in [0.05, 0.1) is 23.0 Å². The minimum Gasteiger partial charge on any atom is -0.492 e. The van der Waals surface area contributed by atoms with E-state index in [1.165, 1.54) is 18.9 Å². The summed E-state index contributed by atoms with van der Waals surface area (Å²) >= 11 is 0. The molecule has 5 amide bonds. The summed E-state index contributed by atoms with van der Waals surface area (Å²) < 4.78 is 12.2. The van der Waals surface area contributed by atoms with Crippen molar-refractivity contribution in [2.24, 2.45) is 17.2 Å². The molecule has 0 spiro atoms. The van der Waals surface area contributed by atoms with Crippen LogP contribution in [0.5, 0.6) is 11.5 Å². The lowest BCUT2D eigenvalue weighted by molar-refractivity contribution is -0.141. The molecule has 0 radical (unpaired) electrons. The van der Waals surface area contributed by atoms with E-state index in [0.717, 1.165) is 16.7 Å². The number of nitrogens with zero attached hydrogens (tertiary/aromatic N) is 4. The number of rotatable bonds is 16. The van der Waals surface area contributed by atoms with Gasteiger partial charge in [-0.1, -0.05) is 48.6 Å². The lowest BCUT2D eigenvalue weighted by atomic mass is 9.93. The van der Waals surface area contributed by atoms with Crippen LogP contribution in [0.25, 0.3) is 28.1 Å². The Morgan fingerprint density at radius 2 is 1.52 bits per heavy atom. The van der Waals surface area contributed by atoms with Gasteiger partial charge in [0.15, 0.2) is 5.82 Å². The van der Waals surface area contributed by atoms with E-state index in [2.05, 4.69) is 37.8 Å². The highest BCUT2D eigenvalue weighted by Crippen LogP contribution is 2.40. The molecule has 0 aliphatic carbocycles. The lowest BCUT2D eigenvalue weighted by Gasteiger charge is -2.32. The van der Waals surface area contributed by atoms with E-state index in [1.807, 2.05) is 37.3 Å². The number of likely N-dealkylation sites (N-methyl/N-ethyl adjacent to an activating group) is 1. The van der Waals surface area contributed by atoms with Gasteiger partial charge in [-0.3, -0.25) is 24.0 Å². The third kappa shape index (κ3) is 11.9. The lowest BCUT2D eigenvalue weighted by Crippen LogP contribution is -2.56. The molecule has 10 N–H and O–H groups in total. The van der Waals surface area contributed by atoms with Crippen molar-refractivity contribution in [2.45, 2.75) is 64.7 Å². The molecule has 4 aromatic rings. The molecule has 2 heterocycles. The van der Waals surface area contributed by atoms with Crippen molar-refractivity contribution in [1.82, 2.24) is 36.1 Å². The Labute approximate surface area is 378 Å². The Kier molecular flexibility index (Phi) is 16.8. The molecule has 1 aliphatic rings. The van der Waals surface area contributed by atoms with E-state index >= 15 is 0 Å². The first-order valence-electron chi connectivity index (χ1n) is 21.2. The molecule has 4 bridgehead atoms. The van der Waals surface area contributed by atoms with E-state index in [-0.39, 0.29) is 57.8 Å². The fourth-order valence-corrected chi connectivity index (χ4v) is 7.44. The minimum atomic E-state index is -1.41. The van der Waals surface area contributed by atoms with E-state index < -0.39 is 53.7 Å².